The Morgan fingerprint density at radius 1 is 0.559 bits per heavy atom. The molecule has 0 atom stereocenters. The molecule has 0 bridgehead atoms. The summed E-state index contributed by atoms with van der Waals surface area (Å²) in [7, 11) is 0. The van der Waals surface area contributed by atoms with Crippen LogP contribution >= 0.6 is 11.3 Å². The zero-order chi connectivity index (χ0) is 22.2. The molecule has 0 amide bonds. The summed E-state index contributed by atoms with van der Waals surface area (Å²) >= 11 is 1.84. The van der Waals surface area contributed by atoms with Gasteiger partial charge in [0.2, 0.25) is 0 Å². The normalized spacial score (nSPS) is 12.1. The number of hydrogen-bond donors (Lipinski definition) is 0. The zero-order valence-electron chi connectivity index (χ0n) is 18.2. The van der Waals surface area contributed by atoms with Gasteiger partial charge in [-0.1, -0.05) is 78.9 Å². The highest BCUT2D eigenvalue weighted by Gasteiger charge is 2.20. The van der Waals surface area contributed by atoms with Crippen LogP contribution in [0.5, 0.6) is 0 Å². The van der Waals surface area contributed by atoms with Gasteiger partial charge in [0.25, 0.3) is 0 Å². The summed E-state index contributed by atoms with van der Waals surface area (Å²) in [5, 5.41) is 7.48. The van der Waals surface area contributed by atoms with Crippen molar-refractivity contribution in [2.24, 2.45) is 0 Å². The number of aromatic nitrogens is 2. The van der Waals surface area contributed by atoms with Crippen molar-refractivity contribution in [3.8, 4) is 5.69 Å². The number of hydrogen-bond acceptors (Lipinski definition) is 2. The van der Waals surface area contributed by atoms with Crippen molar-refractivity contribution in [3.05, 3.63) is 109 Å². The molecule has 0 N–H and O–H groups in total. The fourth-order valence-corrected chi connectivity index (χ4v) is 6.63. The van der Waals surface area contributed by atoms with Crippen molar-refractivity contribution >= 4 is 75.1 Å². The van der Waals surface area contributed by atoms with Crippen molar-refractivity contribution < 1.29 is 0 Å². The monoisotopic (exact) mass is 450 g/mol. The maximum atomic E-state index is 5.14. The van der Waals surface area contributed by atoms with Gasteiger partial charge in [-0.05, 0) is 41.1 Å². The molecule has 0 aliphatic carbocycles. The predicted octanol–water partition coefficient (Wildman–Crippen LogP) is 8.85. The molecule has 0 aliphatic heterocycles. The first-order valence-corrected chi connectivity index (χ1v) is 12.3. The molecule has 2 nitrogen and oxygen atoms in total. The average molecular weight is 451 g/mol. The molecule has 8 aromatic rings. The van der Waals surface area contributed by atoms with Crippen molar-refractivity contribution in [3.63, 3.8) is 0 Å². The number of rotatable bonds is 1. The molecule has 3 aromatic heterocycles. The quantitative estimate of drug-likeness (QED) is 0.244. The number of nitrogens with zero attached hydrogens (tertiary/aromatic N) is 2. The standard InChI is InChI=1S/C31H18N2S/c1-2-10-20-18-27-24(17-19(20)9-1)21-11-4-7-15-26(21)33(27)30-22-12-3-6-14-25(22)32-29-23-13-5-8-16-28(23)34-31(29)30/h1-18H. The average Bonchev–Trinajstić information content (AvgIpc) is 3.41. The smallest absolute Gasteiger partial charge is 0.0917 e. The van der Waals surface area contributed by atoms with Gasteiger partial charge < -0.3 is 4.57 Å². The van der Waals surface area contributed by atoms with Crippen molar-refractivity contribution in [2.75, 3.05) is 0 Å². The van der Waals surface area contributed by atoms with E-state index in [0.29, 0.717) is 0 Å². The van der Waals surface area contributed by atoms with E-state index in [1.165, 1.54) is 58.4 Å². The number of fused-ring (bicyclic) bond motifs is 8. The molecule has 0 radical (unpaired) electrons. The molecule has 34 heavy (non-hydrogen) atoms. The second kappa shape index (κ2) is 6.66. The summed E-state index contributed by atoms with van der Waals surface area (Å²) in [6.45, 7) is 0. The third-order valence-corrected chi connectivity index (χ3v) is 8.11. The zero-order valence-corrected chi connectivity index (χ0v) is 19.0. The molecule has 0 saturated carbocycles. The van der Waals surface area contributed by atoms with Crippen LogP contribution in [-0.4, -0.2) is 9.55 Å². The first kappa shape index (κ1) is 18.2. The molecule has 0 spiro atoms. The van der Waals surface area contributed by atoms with Gasteiger partial charge in [0.05, 0.1) is 32.5 Å². The number of benzene rings is 5. The van der Waals surface area contributed by atoms with Gasteiger partial charge in [0, 0.05) is 26.2 Å². The van der Waals surface area contributed by atoms with E-state index in [4.69, 9.17) is 4.98 Å². The SMILES string of the molecule is c1ccc2cc3c(cc2c1)c1ccccc1n3-c1c2ccccc2nc2c1sc1ccccc12. The molecule has 0 saturated heterocycles. The summed E-state index contributed by atoms with van der Waals surface area (Å²) in [5.74, 6) is 0. The van der Waals surface area contributed by atoms with Gasteiger partial charge in [-0.2, -0.15) is 0 Å². The van der Waals surface area contributed by atoms with Crippen molar-refractivity contribution in [1.29, 1.82) is 0 Å². The highest BCUT2D eigenvalue weighted by molar-refractivity contribution is 7.26. The summed E-state index contributed by atoms with van der Waals surface area (Å²) in [6.07, 6.45) is 0. The number of thiophene rings is 1. The Balaban J connectivity index is 1.67. The largest absolute Gasteiger partial charge is 0.307 e. The van der Waals surface area contributed by atoms with Gasteiger partial charge in [-0.15, -0.1) is 11.3 Å². The van der Waals surface area contributed by atoms with E-state index in [-0.39, 0.29) is 0 Å². The number of para-hydroxylation sites is 2. The fraction of sp³-hybridized carbons (Fsp3) is 0. The van der Waals surface area contributed by atoms with Gasteiger partial charge in [0.1, 0.15) is 0 Å². The van der Waals surface area contributed by atoms with Crippen LogP contribution in [0.3, 0.4) is 0 Å². The molecular formula is C31H18N2S. The Morgan fingerprint density at radius 3 is 2.12 bits per heavy atom. The second-order valence-electron chi connectivity index (χ2n) is 8.82. The summed E-state index contributed by atoms with van der Waals surface area (Å²) in [4.78, 5) is 5.14. The number of pyridine rings is 1. The summed E-state index contributed by atoms with van der Waals surface area (Å²) in [5.41, 5.74) is 5.79. The van der Waals surface area contributed by atoms with E-state index in [2.05, 4.69) is 114 Å². The molecule has 0 fully saturated rings. The van der Waals surface area contributed by atoms with Gasteiger partial charge >= 0.3 is 0 Å². The molecule has 3 heteroatoms. The van der Waals surface area contributed by atoms with Crippen LogP contribution in [0.25, 0.3) is 69.5 Å². The van der Waals surface area contributed by atoms with Crippen molar-refractivity contribution in [2.45, 2.75) is 0 Å². The second-order valence-corrected chi connectivity index (χ2v) is 9.87. The molecule has 0 aliphatic rings. The maximum absolute atomic E-state index is 5.14. The molecule has 3 heterocycles. The summed E-state index contributed by atoms with van der Waals surface area (Å²) in [6, 6.07) is 39.3. The molecule has 5 aromatic carbocycles. The minimum Gasteiger partial charge on any atom is -0.307 e. The van der Waals surface area contributed by atoms with Crippen LogP contribution in [0.4, 0.5) is 0 Å². The van der Waals surface area contributed by atoms with Crippen LogP contribution in [0.2, 0.25) is 0 Å². The molecular weight excluding hydrogens is 432 g/mol. The molecule has 158 valence electrons. The van der Waals surface area contributed by atoms with E-state index >= 15 is 0 Å². The fourth-order valence-electron chi connectivity index (χ4n) is 5.44. The Hall–Kier alpha value is -4.21. The Kier molecular flexibility index (Phi) is 3.57. The lowest BCUT2D eigenvalue weighted by Crippen LogP contribution is -1.97. The van der Waals surface area contributed by atoms with Crippen molar-refractivity contribution in [1.82, 2.24) is 9.55 Å². The lowest BCUT2D eigenvalue weighted by Gasteiger charge is -2.13. The highest BCUT2D eigenvalue weighted by Crippen LogP contribution is 2.43. The van der Waals surface area contributed by atoms with E-state index in [0.717, 1.165) is 11.0 Å². The van der Waals surface area contributed by atoms with E-state index in [1.807, 2.05) is 11.3 Å². The topological polar surface area (TPSA) is 17.8 Å². The highest BCUT2D eigenvalue weighted by atomic mass is 32.1. The van der Waals surface area contributed by atoms with Crippen LogP contribution in [0.1, 0.15) is 0 Å². The first-order chi connectivity index (χ1) is 16.9. The third kappa shape index (κ3) is 2.37. The van der Waals surface area contributed by atoms with E-state index in [1.54, 1.807) is 0 Å². The lowest BCUT2D eigenvalue weighted by atomic mass is 10.1. The molecule has 0 unspecified atom stereocenters. The Labute approximate surface area is 199 Å². The van der Waals surface area contributed by atoms with Gasteiger partial charge in [0.15, 0.2) is 0 Å². The third-order valence-electron chi connectivity index (χ3n) is 6.94. The van der Waals surface area contributed by atoms with E-state index < -0.39 is 0 Å². The maximum Gasteiger partial charge on any atom is 0.0917 e. The minimum atomic E-state index is 1.03. The van der Waals surface area contributed by atoms with Gasteiger partial charge in [-0.25, -0.2) is 4.98 Å². The minimum absolute atomic E-state index is 1.03. The van der Waals surface area contributed by atoms with Crippen LogP contribution in [-0.2, 0) is 0 Å². The Bertz CT molecular complexity index is 2080. The summed E-state index contributed by atoms with van der Waals surface area (Å²) < 4.78 is 4.97. The predicted molar refractivity (Wildman–Crippen MR) is 146 cm³/mol. The molecule has 8 rings (SSSR count). The van der Waals surface area contributed by atoms with Gasteiger partial charge in [-0.3, -0.25) is 0 Å². The van der Waals surface area contributed by atoms with Crippen LogP contribution in [0, 0.1) is 0 Å². The van der Waals surface area contributed by atoms with E-state index in [9.17, 15) is 0 Å². The first-order valence-electron chi connectivity index (χ1n) is 11.5. The van der Waals surface area contributed by atoms with Crippen LogP contribution in [0.15, 0.2) is 109 Å². The Morgan fingerprint density at radius 2 is 1.24 bits per heavy atom. The van der Waals surface area contributed by atoms with Crippen LogP contribution < -0.4 is 0 Å². The lowest BCUT2D eigenvalue weighted by molar-refractivity contribution is 1.22.